The lowest BCUT2D eigenvalue weighted by molar-refractivity contribution is 0.0949. The minimum Gasteiger partial charge on any atom is -0.496 e. The Labute approximate surface area is 165 Å². The van der Waals surface area contributed by atoms with Crippen LogP contribution >= 0.6 is 0 Å². The highest BCUT2D eigenvalue weighted by molar-refractivity contribution is 5.93. The molecular formula is C23H25N3O2. The molecule has 5 nitrogen and oxygen atoms in total. The highest BCUT2D eigenvalue weighted by Crippen LogP contribution is 2.17. The molecule has 1 aromatic heterocycles. The molecule has 0 saturated heterocycles. The van der Waals surface area contributed by atoms with Gasteiger partial charge in [0.15, 0.2) is 0 Å². The summed E-state index contributed by atoms with van der Waals surface area (Å²) in [6, 6.07) is 19.8. The van der Waals surface area contributed by atoms with Gasteiger partial charge in [0.2, 0.25) is 0 Å². The Morgan fingerprint density at radius 3 is 2.64 bits per heavy atom. The van der Waals surface area contributed by atoms with Crippen LogP contribution in [0.15, 0.2) is 66.9 Å². The van der Waals surface area contributed by atoms with Crippen molar-refractivity contribution < 1.29 is 9.53 Å². The van der Waals surface area contributed by atoms with Crippen molar-refractivity contribution in [3.8, 4) is 5.75 Å². The van der Waals surface area contributed by atoms with Crippen molar-refractivity contribution in [2.75, 3.05) is 19.0 Å². The Bertz CT molecular complexity index is 923. The van der Waals surface area contributed by atoms with Crippen LogP contribution in [0.4, 0.5) is 5.69 Å². The van der Waals surface area contributed by atoms with Crippen molar-refractivity contribution in [2.45, 2.75) is 19.9 Å². The van der Waals surface area contributed by atoms with Gasteiger partial charge >= 0.3 is 0 Å². The quantitative estimate of drug-likeness (QED) is 0.625. The second-order valence-electron chi connectivity index (χ2n) is 6.59. The number of methoxy groups -OCH3 is 1. The van der Waals surface area contributed by atoms with Gasteiger partial charge < -0.3 is 15.4 Å². The van der Waals surface area contributed by atoms with Crippen LogP contribution in [0.1, 0.15) is 27.2 Å². The molecule has 0 bridgehead atoms. The summed E-state index contributed by atoms with van der Waals surface area (Å²) in [5.74, 6) is 0.645. The van der Waals surface area contributed by atoms with Gasteiger partial charge in [0.1, 0.15) is 11.4 Å². The van der Waals surface area contributed by atoms with Gasteiger partial charge in [0.25, 0.3) is 5.91 Å². The first-order valence-electron chi connectivity index (χ1n) is 9.31. The standard InChI is InChI=1S/C23H25N3O2/c1-17-7-9-18(10-8-17)16-26-20-12-14-24-21(15-20)23(27)25-13-11-19-5-3-4-6-22(19)28-2/h3-10,12,14-15H,11,13,16H2,1-2H3,(H,24,26)(H,25,27). The van der Waals surface area contributed by atoms with E-state index in [1.807, 2.05) is 30.3 Å². The molecule has 3 aromatic rings. The largest absolute Gasteiger partial charge is 0.496 e. The molecule has 0 aliphatic carbocycles. The zero-order chi connectivity index (χ0) is 19.8. The first kappa shape index (κ1) is 19.4. The van der Waals surface area contributed by atoms with Crippen molar-refractivity contribution in [3.63, 3.8) is 0 Å². The van der Waals surface area contributed by atoms with E-state index in [0.717, 1.165) is 17.0 Å². The molecule has 0 aliphatic heterocycles. The van der Waals surface area contributed by atoms with Gasteiger partial charge in [0.05, 0.1) is 7.11 Å². The summed E-state index contributed by atoms with van der Waals surface area (Å²) in [7, 11) is 1.65. The van der Waals surface area contributed by atoms with Gasteiger partial charge in [-0.15, -0.1) is 0 Å². The van der Waals surface area contributed by atoms with Crippen LogP contribution in [0.25, 0.3) is 0 Å². The number of nitrogens with one attached hydrogen (secondary N) is 2. The van der Waals surface area contributed by atoms with E-state index in [-0.39, 0.29) is 5.91 Å². The predicted molar refractivity (Wildman–Crippen MR) is 112 cm³/mol. The normalized spacial score (nSPS) is 10.4. The molecule has 28 heavy (non-hydrogen) atoms. The smallest absolute Gasteiger partial charge is 0.269 e. The van der Waals surface area contributed by atoms with Crippen LogP contribution in [0, 0.1) is 6.92 Å². The molecule has 3 rings (SSSR count). The maximum Gasteiger partial charge on any atom is 0.269 e. The van der Waals surface area contributed by atoms with Crippen LogP contribution in [-0.4, -0.2) is 24.5 Å². The second kappa shape index (κ2) is 9.55. The number of ether oxygens (including phenoxy) is 1. The van der Waals surface area contributed by atoms with Gasteiger partial charge in [-0.3, -0.25) is 9.78 Å². The first-order chi connectivity index (χ1) is 13.7. The molecular weight excluding hydrogens is 350 g/mol. The second-order valence-corrected chi connectivity index (χ2v) is 6.59. The van der Waals surface area contributed by atoms with Crippen LogP contribution in [0.5, 0.6) is 5.75 Å². The zero-order valence-electron chi connectivity index (χ0n) is 16.2. The molecule has 2 aromatic carbocycles. The summed E-state index contributed by atoms with van der Waals surface area (Å²) in [4.78, 5) is 16.6. The summed E-state index contributed by atoms with van der Waals surface area (Å²) >= 11 is 0. The molecule has 0 saturated carbocycles. The summed E-state index contributed by atoms with van der Waals surface area (Å²) in [5, 5.41) is 6.26. The lowest BCUT2D eigenvalue weighted by Crippen LogP contribution is -2.26. The maximum atomic E-state index is 12.4. The van der Waals surface area contributed by atoms with Crippen LogP contribution in [0.2, 0.25) is 0 Å². The van der Waals surface area contributed by atoms with Crippen molar-refractivity contribution in [1.82, 2.24) is 10.3 Å². The zero-order valence-corrected chi connectivity index (χ0v) is 16.2. The van der Waals surface area contributed by atoms with E-state index < -0.39 is 0 Å². The average Bonchev–Trinajstić information content (AvgIpc) is 2.74. The van der Waals surface area contributed by atoms with Gasteiger partial charge in [-0.1, -0.05) is 48.0 Å². The molecule has 2 N–H and O–H groups in total. The number of benzene rings is 2. The number of hydrogen-bond acceptors (Lipinski definition) is 4. The summed E-state index contributed by atoms with van der Waals surface area (Å²) in [5.41, 5.74) is 4.75. The maximum absolute atomic E-state index is 12.4. The average molecular weight is 375 g/mol. The van der Waals surface area contributed by atoms with Crippen molar-refractivity contribution in [3.05, 3.63) is 89.2 Å². The number of rotatable bonds is 8. The number of aryl methyl sites for hydroxylation is 1. The van der Waals surface area contributed by atoms with Crippen molar-refractivity contribution in [2.24, 2.45) is 0 Å². The Morgan fingerprint density at radius 1 is 1.07 bits per heavy atom. The predicted octanol–water partition coefficient (Wildman–Crippen LogP) is 3.98. The number of para-hydroxylation sites is 1. The van der Waals surface area contributed by atoms with Gasteiger partial charge in [-0.25, -0.2) is 0 Å². The third-order valence-corrected chi connectivity index (χ3v) is 4.48. The summed E-state index contributed by atoms with van der Waals surface area (Å²) < 4.78 is 5.34. The Kier molecular flexibility index (Phi) is 6.63. The van der Waals surface area contributed by atoms with Gasteiger partial charge in [-0.2, -0.15) is 0 Å². The molecule has 144 valence electrons. The van der Waals surface area contributed by atoms with Crippen LogP contribution < -0.4 is 15.4 Å². The fraction of sp³-hybridized carbons (Fsp3) is 0.217. The van der Waals surface area contributed by atoms with E-state index in [1.165, 1.54) is 11.1 Å². The van der Waals surface area contributed by atoms with E-state index in [4.69, 9.17) is 4.74 Å². The van der Waals surface area contributed by atoms with E-state index >= 15 is 0 Å². The van der Waals surface area contributed by atoms with Gasteiger partial charge in [0, 0.05) is 25.0 Å². The third kappa shape index (κ3) is 5.33. The molecule has 0 radical (unpaired) electrons. The van der Waals surface area contributed by atoms with Crippen LogP contribution in [0.3, 0.4) is 0 Å². The molecule has 0 atom stereocenters. The number of carbonyl (C=O) groups is 1. The monoisotopic (exact) mass is 375 g/mol. The number of carbonyl (C=O) groups excluding carboxylic acids is 1. The Balaban J connectivity index is 1.54. The first-order valence-corrected chi connectivity index (χ1v) is 9.31. The molecule has 0 spiro atoms. The molecule has 1 heterocycles. The summed E-state index contributed by atoms with van der Waals surface area (Å²) in [6.45, 7) is 3.28. The van der Waals surface area contributed by atoms with Crippen LogP contribution in [-0.2, 0) is 13.0 Å². The minimum absolute atomic E-state index is 0.186. The number of pyridine rings is 1. The Morgan fingerprint density at radius 2 is 1.86 bits per heavy atom. The Hall–Kier alpha value is -3.34. The van der Waals surface area contributed by atoms with E-state index in [2.05, 4.69) is 46.8 Å². The summed E-state index contributed by atoms with van der Waals surface area (Å²) in [6.07, 6.45) is 2.34. The van der Waals surface area contributed by atoms with Crippen molar-refractivity contribution >= 4 is 11.6 Å². The lowest BCUT2D eigenvalue weighted by atomic mass is 10.1. The van der Waals surface area contributed by atoms with Gasteiger partial charge in [-0.05, 0) is 42.7 Å². The highest BCUT2D eigenvalue weighted by Gasteiger charge is 2.08. The fourth-order valence-electron chi connectivity index (χ4n) is 2.89. The molecule has 1 amide bonds. The number of hydrogen-bond donors (Lipinski definition) is 2. The third-order valence-electron chi connectivity index (χ3n) is 4.48. The van der Waals surface area contributed by atoms with E-state index in [0.29, 0.717) is 25.2 Å². The minimum atomic E-state index is -0.186. The number of aromatic nitrogens is 1. The van der Waals surface area contributed by atoms with Crippen molar-refractivity contribution in [1.29, 1.82) is 0 Å². The van der Waals surface area contributed by atoms with E-state index in [9.17, 15) is 4.79 Å². The number of anilines is 1. The molecule has 0 aliphatic rings. The SMILES string of the molecule is COc1ccccc1CCNC(=O)c1cc(NCc2ccc(C)cc2)ccn1. The van der Waals surface area contributed by atoms with E-state index in [1.54, 1.807) is 19.4 Å². The fourth-order valence-corrected chi connectivity index (χ4v) is 2.89. The molecule has 5 heteroatoms. The molecule has 0 fully saturated rings. The number of amides is 1. The highest BCUT2D eigenvalue weighted by atomic mass is 16.5. The number of nitrogens with zero attached hydrogens (tertiary/aromatic N) is 1. The molecule has 0 unspecified atom stereocenters. The topological polar surface area (TPSA) is 63.2 Å². The lowest BCUT2D eigenvalue weighted by Gasteiger charge is -2.10.